The fourth-order valence-corrected chi connectivity index (χ4v) is 5.31. The van der Waals surface area contributed by atoms with Crippen LogP contribution in [0.3, 0.4) is 0 Å². The summed E-state index contributed by atoms with van der Waals surface area (Å²) in [5.74, 6) is 1.96. The third-order valence-electron chi connectivity index (χ3n) is 7.36. The number of hydrogen-bond donors (Lipinski definition) is 0. The molecule has 0 atom stereocenters. The lowest BCUT2D eigenvalue weighted by Crippen LogP contribution is -2.41. The van der Waals surface area contributed by atoms with Crippen LogP contribution in [0, 0.1) is 0 Å². The van der Waals surface area contributed by atoms with Gasteiger partial charge in [0, 0.05) is 56.0 Å². The molecule has 6 nitrogen and oxygen atoms in total. The van der Waals surface area contributed by atoms with Gasteiger partial charge in [0.1, 0.15) is 17.4 Å². The van der Waals surface area contributed by atoms with Crippen LogP contribution in [-0.4, -0.2) is 66.1 Å². The van der Waals surface area contributed by atoms with E-state index in [1.807, 2.05) is 36.2 Å². The Hall–Kier alpha value is -3.12. The number of carbonyl (C=O) groups excluding carboxylic acids is 1. The van der Waals surface area contributed by atoms with Gasteiger partial charge in [-0.15, -0.1) is 0 Å². The van der Waals surface area contributed by atoms with Crippen molar-refractivity contribution in [3.05, 3.63) is 54.7 Å². The van der Waals surface area contributed by atoms with Crippen molar-refractivity contribution in [1.29, 1.82) is 0 Å². The number of rotatable bonds is 9. The van der Waals surface area contributed by atoms with Crippen LogP contribution in [0.4, 0.5) is 0 Å². The zero-order valence-corrected chi connectivity index (χ0v) is 21.3. The van der Waals surface area contributed by atoms with E-state index in [2.05, 4.69) is 40.2 Å². The molecule has 0 bridgehead atoms. The van der Waals surface area contributed by atoms with E-state index < -0.39 is 0 Å². The van der Waals surface area contributed by atoms with E-state index in [-0.39, 0.29) is 12.0 Å². The maximum atomic E-state index is 11.9. The summed E-state index contributed by atoms with van der Waals surface area (Å²) in [7, 11) is 0. The third kappa shape index (κ3) is 5.81. The number of nitrogens with zero attached hydrogens (tertiary/aromatic N) is 3. The van der Waals surface area contributed by atoms with Gasteiger partial charge < -0.3 is 19.3 Å². The van der Waals surface area contributed by atoms with E-state index >= 15 is 0 Å². The summed E-state index contributed by atoms with van der Waals surface area (Å²) in [6.45, 7) is 7.67. The highest BCUT2D eigenvalue weighted by atomic mass is 16.5. The third-order valence-corrected chi connectivity index (χ3v) is 7.36. The van der Waals surface area contributed by atoms with E-state index in [1.165, 1.54) is 25.9 Å². The molecule has 190 valence electrons. The van der Waals surface area contributed by atoms with Crippen molar-refractivity contribution in [2.24, 2.45) is 0 Å². The zero-order valence-electron chi connectivity index (χ0n) is 21.3. The molecular formula is C30H37N3O3. The molecule has 3 aromatic rings. The van der Waals surface area contributed by atoms with Crippen molar-refractivity contribution in [1.82, 2.24) is 14.8 Å². The number of aromatic nitrogens is 1. The number of benzene rings is 2. The SMILES string of the molecule is CCC(=O)N1CCC(Oc2ccc(-c3ccc4cccnc4c3OCCCN3CCCC3)cc2)CC1. The Morgan fingerprint density at radius 1 is 1.00 bits per heavy atom. The van der Waals surface area contributed by atoms with Crippen LogP contribution in [0.15, 0.2) is 54.7 Å². The molecule has 2 aromatic carbocycles. The fourth-order valence-electron chi connectivity index (χ4n) is 5.31. The molecule has 1 amide bonds. The highest BCUT2D eigenvalue weighted by Crippen LogP contribution is 2.37. The first-order chi connectivity index (χ1) is 17.7. The van der Waals surface area contributed by atoms with Gasteiger partial charge in [0.15, 0.2) is 5.75 Å². The van der Waals surface area contributed by atoms with Gasteiger partial charge in [0.05, 0.1) is 6.61 Å². The van der Waals surface area contributed by atoms with Crippen LogP contribution in [0.2, 0.25) is 0 Å². The molecule has 6 heteroatoms. The minimum Gasteiger partial charge on any atom is -0.491 e. The van der Waals surface area contributed by atoms with Crippen LogP contribution >= 0.6 is 0 Å². The zero-order chi connectivity index (χ0) is 24.7. The molecule has 0 aliphatic carbocycles. The molecule has 0 radical (unpaired) electrons. The summed E-state index contributed by atoms with van der Waals surface area (Å²) >= 11 is 0. The number of amides is 1. The van der Waals surface area contributed by atoms with Gasteiger partial charge in [0.25, 0.3) is 0 Å². The number of piperidine rings is 1. The second kappa shape index (κ2) is 11.7. The van der Waals surface area contributed by atoms with Gasteiger partial charge in [-0.05, 0) is 62.2 Å². The maximum absolute atomic E-state index is 11.9. The second-order valence-corrected chi connectivity index (χ2v) is 9.84. The lowest BCUT2D eigenvalue weighted by molar-refractivity contribution is -0.132. The van der Waals surface area contributed by atoms with Crippen LogP contribution in [-0.2, 0) is 4.79 Å². The van der Waals surface area contributed by atoms with E-state index in [9.17, 15) is 4.79 Å². The first-order valence-corrected chi connectivity index (χ1v) is 13.5. The molecule has 36 heavy (non-hydrogen) atoms. The molecule has 0 unspecified atom stereocenters. The number of ether oxygens (including phenoxy) is 2. The van der Waals surface area contributed by atoms with Gasteiger partial charge in [-0.25, -0.2) is 0 Å². The summed E-state index contributed by atoms with van der Waals surface area (Å²) in [5, 5.41) is 1.09. The number of carbonyl (C=O) groups is 1. The quantitative estimate of drug-likeness (QED) is 0.371. The normalized spacial score (nSPS) is 17.0. The molecule has 2 aliphatic heterocycles. The summed E-state index contributed by atoms with van der Waals surface area (Å²) in [4.78, 5) is 21.1. The second-order valence-electron chi connectivity index (χ2n) is 9.84. The Morgan fingerprint density at radius 2 is 1.78 bits per heavy atom. The monoisotopic (exact) mass is 487 g/mol. The van der Waals surface area contributed by atoms with Gasteiger partial charge in [0.2, 0.25) is 5.91 Å². The van der Waals surface area contributed by atoms with Crippen LogP contribution in [0.1, 0.15) is 45.4 Å². The fraction of sp³-hybridized carbons (Fsp3) is 0.467. The smallest absolute Gasteiger partial charge is 0.222 e. The Labute approximate surface area is 214 Å². The minimum absolute atomic E-state index is 0.149. The van der Waals surface area contributed by atoms with Crippen molar-refractivity contribution < 1.29 is 14.3 Å². The highest BCUT2D eigenvalue weighted by molar-refractivity contribution is 5.92. The summed E-state index contributed by atoms with van der Waals surface area (Å²) in [5.41, 5.74) is 3.05. The molecule has 2 saturated heterocycles. The Kier molecular flexibility index (Phi) is 8.01. The standard InChI is InChI=1S/C30H37N3O3/c1-2-28(34)33-20-14-26(15-21-33)36-25-11-8-23(9-12-25)27-13-10-24-7-5-16-31-29(24)30(27)35-22-6-19-32-17-3-4-18-32/h5,7-13,16,26H,2-4,6,14-15,17-22H2,1H3. The predicted octanol–water partition coefficient (Wildman–Crippen LogP) is 5.55. The van der Waals surface area contributed by atoms with E-state index in [1.54, 1.807) is 0 Å². The predicted molar refractivity (Wildman–Crippen MR) is 143 cm³/mol. The van der Waals surface area contributed by atoms with Crippen molar-refractivity contribution in [3.63, 3.8) is 0 Å². The molecule has 2 fully saturated rings. The van der Waals surface area contributed by atoms with Crippen LogP contribution < -0.4 is 9.47 Å². The van der Waals surface area contributed by atoms with Crippen molar-refractivity contribution in [3.8, 4) is 22.6 Å². The van der Waals surface area contributed by atoms with Crippen LogP contribution in [0.25, 0.3) is 22.0 Å². The number of pyridine rings is 1. The van der Waals surface area contributed by atoms with E-state index in [4.69, 9.17) is 9.47 Å². The van der Waals surface area contributed by atoms with E-state index in [0.29, 0.717) is 13.0 Å². The number of hydrogen-bond acceptors (Lipinski definition) is 5. The lowest BCUT2D eigenvalue weighted by Gasteiger charge is -2.32. The molecule has 0 N–H and O–H groups in total. The van der Waals surface area contributed by atoms with Crippen LogP contribution in [0.5, 0.6) is 11.5 Å². The molecule has 1 aromatic heterocycles. The number of fused-ring (bicyclic) bond motifs is 1. The first kappa shape index (κ1) is 24.6. The van der Waals surface area contributed by atoms with Crippen molar-refractivity contribution in [2.75, 3.05) is 39.3 Å². The highest BCUT2D eigenvalue weighted by Gasteiger charge is 2.23. The average molecular weight is 488 g/mol. The van der Waals surface area contributed by atoms with Gasteiger partial charge in [-0.2, -0.15) is 0 Å². The Morgan fingerprint density at radius 3 is 2.53 bits per heavy atom. The van der Waals surface area contributed by atoms with Gasteiger partial charge in [-0.1, -0.05) is 31.2 Å². The molecule has 0 saturated carbocycles. The summed E-state index contributed by atoms with van der Waals surface area (Å²) in [6, 6.07) is 16.6. The van der Waals surface area contributed by atoms with Gasteiger partial charge >= 0.3 is 0 Å². The van der Waals surface area contributed by atoms with Gasteiger partial charge in [-0.3, -0.25) is 9.78 Å². The first-order valence-electron chi connectivity index (χ1n) is 13.5. The molecule has 5 rings (SSSR count). The average Bonchev–Trinajstić information content (AvgIpc) is 3.45. The largest absolute Gasteiger partial charge is 0.491 e. The summed E-state index contributed by atoms with van der Waals surface area (Å²) < 4.78 is 12.7. The molecule has 2 aliphatic rings. The molecule has 0 spiro atoms. The maximum Gasteiger partial charge on any atom is 0.222 e. The molecular weight excluding hydrogens is 450 g/mol. The lowest BCUT2D eigenvalue weighted by atomic mass is 10.0. The Bertz CT molecular complexity index is 1150. The number of likely N-dealkylation sites (tertiary alicyclic amines) is 2. The minimum atomic E-state index is 0.149. The van der Waals surface area contributed by atoms with E-state index in [0.717, 1.165) is 72.4 Å². The topological polar surface area (TPSA) is 54.9 Å². The van der Waals surface area contributed by atoms with Crippen molar-refractivity contribution >= 4 is 16.8 Å². The summed E-state index contributed by atoms with van der Waals surface area (Å²) in [6.07, 6.45) is 7.94. The Balaban J connectivity index is 1.26. The molecule has 3 heterocycles. The van der Waals surface area contributed by atoms with Crippen molar-refractivity contribution in [2.45, 2.75) is 51.6 Å².